The van der Waals surface area contributed by atoms with Crippen molar-refractivity contribution in [1.82, 2.24) is 20.2 Å². The quantitative estimate of drug-likeness (QED) is 0.602. The van der Waals surface area contributed by atoms with Gasteiger partial charge in [0.05, 0.1) is 31.0 Å². The number of methoxy groups -OCH3 is 2. The number of carbonyl (C=O) groups is 1. The van der Waals surface area contributed by atoms with Crippen molar-refractivity contribution in [3.8, 4) is 11.4 Å². The number of ether oxygens (including phenoxy) is 2. The van der Waals surface area contributed by atoms with Gasteiger partial charge < -0.3 is 14.8 Å². The Hall–Kier alpha value is -3.42. The van der Waals surface area contributed by atoms with Crippen molar-refractivity contribution >= 4 is 11.7 Å². The van der Waals surface area contributed by atoms with Crippen molar-refractivity contribution in [3.63, 3.8) is 0 Å². The second kappa shape index (κ2) is 8.75. The van der Waals surface area contributed by atoms with Gasteiger partial charge in [-0.3, -0.25) is 0 Å². The number of carbonyl (C=O) groups excluding carboxylic acids is 1. The molecule has 0 atom stereocenters. The molecule has 0 amide bonds. The van der Waals surface area contributed by atoms with Gasteiger partial charge in [-0.15, -0.1) is 5.10 Å². The first kappa shape index (κ1) is 20.8. The molecule has 2 aromatic carbocycles. The molecule has 8 heteroatoms. The Balaban J connectivity index is 1.78. The van der Waals surface area contributed by atoms with Crippen LogP contribution in [-0.4, -0.2) is 40.4 Å². The van der Waals surface area contributed by atoms with Gasteiger partial charge in [-0.05, 0) is 78.4 Å². The SMILES string of the molecule is COC(=O)c1ccccc1-n1nnnc1C1(Nc2ccc(OC)cc2)CCC(C)CC1. The van der Waals surface area contributed by atoms with Crippen LogP contribution >= 0.6 is 0 Å². The van der Waals surface area contributed by atoms with Crippen LogP contribution in [0.25, 0.3) is 5.69 Å². The van der Waals surface area contributed by atoms with Gasteiger partial charge >= 0.3 is 5.97 Å². The lowest BCUT2D eigenvalue weighted by Gasteiger charge is -2.39. The summed E-state index contributed by atoms with van der Waals surface area (Å²) in [7, 11) is 3.02. The Morgan fingerprint density at radius 3 is 2.48 bits per heavy atom. The molecule has 162 valence electrons. The van der Waals surface area contributed by atoms with Gasteiger partial charge in [0.2, 0.25) is 0 Å². The van der Waals surface area contributed by atoms with Crippen LogP contribution in [0.4, 0.5) is 5.69 Å². The molecule has 31 heavy (non-hydrogen) atoms. The highest BCUT2D eigenvalue weighted by Gasteiger charge is 2.41. The summed E-state index contributed by atoms with van der Waals surface area (Å²) >= 11 is 0. The molecule has 1 fully saturated rings. The first-order chi connectivity index (χ1) is 15.1. The number of nitrogens with one attached hydrogen (secondary N) is 1. The van der Waals surface area contributed by atoms with Gasteiger partial charge in [0.25, 0.3) is 0 Å². The minimum atomic E-state index is -0.464. The third kappa shape index (κ3) is 4.10. The molecule has 1 N–H and O–H groups in total. The lowest BCUT2D eigenvalue weighted by molar-refractivity contribution is 0.0600. The smallest absolute Gasteiger partial charge is 0.340 e. The maximum absolute atomic E-state index is 12.4. The molecule has 8 nitrogen and oxygen atoms in total. The molecular formula is C23H27N5O3. The number of tetrazole rings is 1. The molecule has 0 saturated heterocycles. The van der Waals surface area contributed by atoms with Crippen molar-refractivity contribution in [1.29, 1.82) is 0 Å². The fraction of sp³-hybridized carbons (Fsp3) is 0.391. The second-order valence-electron chi connectivity index (χ2n) is 8.04. The van der Waals surface area contributed by atoms with Gasteiger partial charge in [-0.25, -0.2) is 4.79 Å². The average Bonchev–Trinajstić information content (AvgIpc) is 3.31. The number of anilines is 1. The molecule has 0 radical (unpaired) electrons. The predicted molar refractivity (Wildman–Crippen MR) is 116 cm³/mol. The van der Waals surface area contributed by atoms with E-state index >= 15 is 0 Å². The summed E-state index contributed by atoms with van der Waals surface area (Å²) in [4.78, 5) is 12.4. The summed E-state index contributed by atoms with van der Waals surface area (Å²) in [6.07, 6.45) is 3.85. The summed E-state index contributed by atoms with van der Waals surface area (Å²) in [6, 6.07) is 15.1. The van der Waals surface area contributed by atoms with E-state index in [4.69, 9.17) is 9.47 Å². The zero-order chi connectivity index (χ0) is 21.8. The predicted octanol–water partition coefficient (Wildman–Crippen LogP) is 3.98. The number of nitrogens with zero attached hydrogens (tertiary/aromatic N) is 4. The largest absolute Gasteiger partial charge is 0.497 e. The lowest BCUT2D eigenvalue weighted by atomic mass is 9.76. The van der Waals surface area contributed by atoms with Crippen LogP contribution in [0.2, 0.25) is 0 Å². The number of aromatic nitrogens is 4. The van der Waals surface area contributed by atoms with Crippen molar-refractivity contribution in [2.24, 2.45) is 5.92 Å². The number of hydrogen-bond donors (Lipinski definition) is 1. The van der Waals surface area contributed by atoms with E-state index in [1.54, 1.807) is 23.9 Å². The molecule has 0 aliphatic heterocycles. The van der Waals surface area contributed by atoms with Crippen molar-refractivity contribution in [3.05, 3.63) is 59.9 Å². The van der Waals surface area contributed by atoms with E-state index in [1.165, 1.54) is 7.11 Å². The fourth-order valence-electron chi connectivity index (χ4n) is 4.20. The Morgan fingerprint density at radius 1 is 1.10 bits per heavy atom. The minimum absolute atomic E-state index is 0.419. The maximum Gasteiger partial charge on any atom is 0.340 e. The Labute approximate surface area is 181 Å². The van der Waals surface area contributed by atoms with E-state index in [0.717, 1.165) is 37.1 Å². The molecule has 3 aromatic rings. The van der Waals surface area contributed by atoms with Gasteiger partial charge in [-0.1, -0.05) is 19.1 Å². The van der Waals surface area contributed by atoms with Crippen LogP contribution in [0.15, 0.2) is 48.5 Å². The molecule has 0 unspecified atom stereocenters. The molecule has 4 rings (SSSR count). The third-order valence-electron chi connectivity index (χ3n) is 6.04. The van der Waals surface area contributed by atoms with Gasteiger partial charge in [0.1, 0.15) is 5.75 Å². The summed E-state index contributed by atoms with van der Waals surface area (Å²) in [6.45, 7) is 2.27. The zero-order valence-electron chi connectivity index (χ0n) is 18.0. The monoisotopic (exact) mass is 421 g/mol. The highest BCUT2D eigenvalue weighted by atomic mass is 16.5. The molecule has 1 aliphatic rings. The van der Waals surface area contributed by atoms with Crippen LogP contribution in [0.3, 0.4) is 0 Å². The molecule has 0 spiro atoms. The number of benzene rings is 2. The van der Waals surface area contributed by atoms with Crippen molar-refractivity contribution in [2.45, 2.75) is 38.1 Å². The van der Waals surface area contributed by atoms with Crippen molar-refractivity contribution in [2.75, 3.05) is 19.5 Å². The van der Waals surface area contributed by atoms with Crippen LogP contribution < -0.4 is 10.1 Å². The maximum atomic E-state index is 12.4. The molecular weight excluding hydrogens is 394 g/mol. The standard InChI is InChI=1S/C23H27N5O3/c1-16-12-14-23(15-13-16,24-17-8-10-18(30-2)11-9-17)22-25-26-27-28(22)20-7-5-4-6-19(20)21(29)31-3/h4-11,16,24H,12-15H2,1-3H3. The van der Waals surface area contributed by atoms with E-state index in [-0.39, 0.29) is 0 Å². The molecule has 0 bridgehead atoms. The Morgan fingerprint density at radius 2 is 1.81 bits per heavy atom. The average molecular weight is 422 g/mol. The number of esters is 1. The number of rotatable bonds is 6. The fourth-order valence-corrected chi connectivity index (χ4v) is 4.20. The first-order valence-electron chi connectivity index (χ1n) is 10.4. The summed E-state index contributed by atoms with van der Waals surface area (Å²) < 4.78 is 11.9. The van der Waals surface area contributed by atoms with Crippen molar-refractivity contribution < 1.29 is 14.3 Å². The molecule has 1 aliphatic carbocycles. The summed E-state index contributed by atoms with van der Waals surface area (Å²) in [5, 5.41) is 16.4. The van der Waals surface area contributed by atoms with E-state index in [0.29, 0.717) is 23.0 Å². The highest BCUT2D eigenvalue weighted by molar-refractivity contribution is 5.93. The summed E-state index contributed by atoms with van der Waals surface area (Å²) in [5.41, 5.74) is 1.52. The van der Waals surface area contributed by atoms with Crippen LogP contribution in [0.1, 0.15) is 48.8 Å². The Bertz CT molecular complexity index is 1040. The van der Waals surface area contributed by atoms with Crippen LogP contribution in [0.5, 0.6) is 5.75 Å². The van der Waals surface area contributed by atoms with E-state index < -0.39 is 11.5 Å². The lowest BCUT2D eigenvalue weighted by Crippen LogP contribution is -2.41. The van der Waals surface area contributed by atoms with Gasteiger partial charge in [-0.2, -0.15) is 4.68 Å². The van der Waals surface area contributed by atoms with Gasteiger partial charge in [0.15, 0.2) is 5.82 Å². The summed E-state index contributed by atoms with van der Waals surface area (Å²) in [5.74, 6) is 1.70. The number of hydrogen-bond acceptors (Lipinski definition) is 7. The highest BCUT2D eigenvalue weighted by Crippen LogP contribution is 2.42. The minimum Gasteiger partial charge on any atom is -0.497 e. The zero-order valence-corrected chi connectivity index (χ0v) is 18.0. The van der Waals surface area contributed by atoms with E-state index in [2.05, 4.69) is 27.8 Å². The van der Waals surface area contributed by atoms with E-state index in [1.807, 2.05) is 36.4 Å². The molecule has 1 heterocycles. The van der Waals surface area contributed by atoms with Crippen LogP contribution in [0, 0.1) is 5.92 Å². The molecule has 1 saturated carbocycles. The second-order valence-corrected chi connectivity index (χ2v) is 8.04. The normalized spacial score (nSPS) is 20.8. The van der Waals surface area contributed by atoms with Gasteiger partial charge in [0, 0.05) is 5.69 Å². The Kier molecular flexibility index (Phi) is 5.88. The van der Waals surface area contributed by atoms with Crippen LogP contribution in [-0.2, 0) is 10.3 Å². The topological polar surface area (TPSA) is 91.2 Å². The van der Waals surface area contributed by atoms with E-state index in [9.17, 15) is 4.79 Å². The molecule has 1 aromatic heterocycles. The number of para-hydroxylation sites is 1. The third-order valence-corrected chi connectivity index (χ3v) is 6.04. The first-order valence-corrected chi connectivity index (χ1v) is 10.4.